The van der Waals surface area contributed by atoms with Gasteiger partial charge in [0.25, 0.3) is 0 Å². The monoisotopic (exact) mass is 222 g/mol. The summed E-state index contributed by atoms with van der Waals surface area (Å²) in [6, 6.07) is 2.19. The van der Waals surface area contributed by atoms with Crippen LogP contribution in [0.2, 0.25) is 0 Å². The number of carbonyl (C=O) groups excluding carboxylic acids is 1. The van der Waals surface area contributed by atoms with Crippen LogP contribution in [0.25, 0.3) is 0 Å². The summed E-state index contributed by atoms with van der Waals surface area (Å²) in [5, 5.41) is 8.82. The van der Waals surface area contributed by atoms with E-state index in [0.717, 1.165) is 32.6 Å². The Bertz CT molecular complexity index is 315. The molecule has 1 unspecified atom stereocenters. The highest BCUT2D eigenvalue weighted by molar-refractivity contribution is 5.79. The molecule has 2 fully saturated rings. The Balaban J connectivity index is 1.94. The van der Waals surface area contributed by atoms with Crippen molar-refractivity contribution < 1.29 is 9.53 Å². The number of carbonyl (C=O) groups is 1. The SMILES string of the molecule is CC1(CN2CC(C#N)CC2=O)CCOCC1. The van der Waals surface area contributed by atoms with Gasteiger partial charge >= 0.3 is 0 Å². The Morgan fingerprint density at radius 2 is 2.25 bits per heavy atom. The second kappa shape index (κ2) is 4.42. The Labute approximate surface area is 96.2 Å². The Morgan fingerprint density at radius 3 is 2.81 bits per heavy atom. The fourth-order valence-corrected chi connectivity index (χ4v) is 2.49. The molecule has 0 aliphatic carbocycles. The molecule has 0 radical (unpaired) electrons. The molecule has 2 aliphatic heterocycles. The third kappa shape index (κ3) is 2.35. The van der Waals surface area contributed by atoms with E-state index in [1.807, 2.05) is 4.90 Å². The van der Waals surface area contributed by atoms with E-state index in [0.29, 0.717) is 13.0 Å². The maximum absolute atomic E-state index is 11.7. The van der Waals surface area contributed by atoms with Crippen molar-refractivity contribution in [2.75, 3.05) is 26.3 Å². The number of hydrogen-bond acceptors (Lipinski definition) is 3. The Hall–Kier alpha value is -1.08. The Kier molecular flexibility index (Phi) is 3.15. The average molecular weight is 222 g/mol. The van der Waals surface area contributed by atoms with Gasteiger partial charge in [-0.25, -0.2) is 0 Å². The van der Waals surface area contributed by atoms with Gasteiger partial charge in [0, 0.05) is 32.7 Å². The number of likely N-dealkylation sites (tertiary alicyclic amines) is 1. The van der Waals surface area contributed by atoms with Crippen molar-refractivity contribution in [1.29, 1.82) is 5.26 Å². The van der Waals surface area contributed by atoms with Crippen LogP contribution < -0.4 is 0 Å². The van der Waals surface area contributed by atoms with Gasteiger partial charge in [-0.15, -0.1) is 0 Å². The molecule has 0 aromatic heterocycles. The second-order valence-corrected chi connectivity index (χ2v) is 5.23. The molecule has 2 aliphatic rings. The lowest BCUT2D eigenvalue weighted by Gasteiger charge is -2.36. The van der Waals surface area contributed by atoms with Crippen molar-refractivity contribution in [3.63, 3.8) is 0 Å². The molecule has 1 amide bonds. The van der Waals surface area contributed by atoms with Crippen LogP contribution in [0.4, 0.5) is 0 Å². The standard InChI is InChI=1S/C12H18N2O2/c1-12(2-4-16-5-3-12)9-14-8-10(7-13)6-11(14)15/h10H,2-6,8-9H2,1H3. The molecule has 0 bridgehead atoms. The van der Waals surface area contributed by atoms with E-state index in [-0.39, 0.29) is 17.2 Å². The predicted molar refractivity (Wildman–Crippen MR) is 58.5 cm³/mol. The molecule has 0 aromatic carbocycles. The topological polar surface area (TPSA) is 53.3 Å². The summed E-state index contributed by atoms with van der Waals surface area (Å²) in [6.07, 6.45) is 2.42. The highest BCUT2D eigenvalue weighted by atomic mass is 16.5. The lowest BCUT2D eigenvalue weighted by Crippen LogP contribution is -2.40. The summed E-state index contributed by atoms with van der Waals surface area (Å²) in [7, 11) is 0. The molecule has 4 heteroatoms. The number of hydrogen-bond donors (Lipinski definition) is 0. The third-order valence-corrected chi connectivity index (χ3v) is 3.67. The predicted octanol–water partition coefficient (Wildman–Crippen LogP) is 1.18. The summed E-state index contributed by atoms with van der Waals surface area (Å²) in [5.74, 6) is 0.0372. The van der Waals surface area contributed by atoms with Crippen LogP contribution in [0.5, 0.6) is 0 Å². The van der Waals surface area contributed by atoms with Crippen molar-refractivity contribution >= 4 is 5.91 Å². The van der Waals surface area contributed by atoms with Crippen molar-refractivity contribution in [2.45, 2.75) is 26.2 Å². The van der Waals surface area contributed by atoms with Gasteiger partial charge in [-0.05, 0) is 18.3 Å². The molecule has 2 saturated heterocycles. The summed E-state index contributed by atoms with van der Waals surface area (Å²) in [6.45, 7) is 5.20. The molecule has 2 rings (SSSR count). The van der Waals surface area contributed by atoms with E-state index in [1.54, 1.807) is 0 Å². The molecular formula is C12H18N2O2. The summed E-state index contributed by atoms with van der Waals surface area (Å²) in [5.41, 5.74) is 0.179. The second-order valence-electron chi connectivity index (χ2n) is 5.23. The lowest BCUT2D eigenvalue weighted by molar-refractivity contribution is -0.130. The van der Waals surface area contributed by atoms with Gasteiger partial charge in [-0.1, -0.05) is 6.92 Å². The molecule has 0 saturated carbocycles. The number of ether oxygens (including phenoxy) is 1. The van der Waals surface area contributed by atoms with Crippen molar-refractivity contribution in [2.24, 2.45) is 11.3 Å². The van der Waals surface area contributed by atoms with Crippen molar-refractivity contribution in [1.82, 2.24) is 4.90 Å². The van der Waals surface area contributed by atoms with Crippen LogP contribution in [0.15, 0.2) is 0 Å². The first-order valence-electron chi connectivity index (χ1n) is 5.88. The first-order valence-corrected chi connectivity index (χ1v) is 5.88. The van der Waals surface area contributed by atoms with Crippen LogP contribution in [-0.2, 0) is 9.53 Å². The molecule has 16 heavy (non-hydrogen) atoms. The minimum atomic E-state index is -0.101. The molecular weight excluding hydrogens is 204 g/mol. The van der Waals surface area contributed by atoms with E-state index >= 15 is 0 Å². The Morgan fingerprint density at radius 1 is 1.56 bits per heavy atom. The molecule has 0 spiro atoms. The number of rotatable bonds is 2. The fourth-order valence-electron chi connectivity index (χ4n) is 2.49. The zero-order chi connectivity index (χ0) is 11.6. The maximum atomic E-state index is 11.7. The summed E-state index contributed by atoms with van der Waals surface area (Å²) >= 11 is 0. The van der Waals surface area contributed by atoms with Gasteiger partial charge in [0.2, 0.25) is 5.91 Å². The minimum absolute atomic E-state index is 0.101. The third-order valence-electron chi connectivity index (χ3n) is 3.67. The van der Waals surface area contributed by atoms with E-state index in [4.69, 9.17) is 10.00 Å². The quantitative estimate of drug-likeness (QED) is 0.705. The van der Waals surface area contributed by atoms with Crippen LogP contribution in [0.3, 0.4) is 0 Å². The first kappa shape index (κ1) is 11.4. The molecule has 0 N–H and O–H groups in total. The highest BCUT2D eigenvalue weighted by Gasteiger charge is 2.36. The number of amides is 1. The lowest BCUT2D eigenvalue weighted by atomic mass is 9.82. The summed E-state index contributed by atoms with van der Waals surface area (Å²) in [4.78, 5) is 13.6. The molecule has 88 valence electrons. The summed E-state index contributed by atoms with van der Waals surface area (Å²) < 4.78 is 5.34. The highest BCUT2D eigenvalue weighted by Crippen LogP contribution is 2.32. The maximum Gasteiger partial charge on any atom is 0.224 e. The van der Waals surface area contributed by atoms with E-state index in [9.17, 15) is 4.79 Å². The van der Waals surface area contributed by atoms with Crippen molar-refractivity contribution in [3.8, 4) is 6.07 Å². The van der Waals surface area contributed by atoms with Gasteiger partial charge < -0.3 is 9.64 Å². The van der Waals surface area contributed by atoms with Crippen LogP contribution in [0, 0.1) is 22.7 Å². The van der Waals surface area contributed by atoms with Crippen molar-refractivity contribution in [3.05, 3.63) is 0 Å². The number of nitriles is 1. The minimum Gasteiger partial charge on any atom is -0.381 e. The van der Waals surface area contributed by atoms with Gasteiger partial charge in [0.15, 0.2) is 0 Å². The van der Waals surface area contributed by atoms with Gasteiger partial charge in [0.05, 0.1) is 12.0 Å². The normalized spacial score (nSPS) is 29.1. The molecule has 1 atom stereocenters. The van der Waals surface area contributed by atoms with E-state index < -0.39 is 0 Å². The van der Waals surface area contributed by atoms with Crippen LogP contribution in [0.1, 0.15) is 26.2 Å². The van der Waals surface area contributed by atoms with Gasteiger partial charge in [-0.2, -0.15) is 5.26 Å². The molecule has 0 aromatic rings. The van der Waals surface area contributed by atoms with E-state index in [2.05, 4.69) is 13.0 Å². The molecule has 2 heterocycles. The smallest absolute Gasteiger partial charge is 0.224 e. The largest absolute Gasteiger partial charge is 0.381 e. The molecule has 4 nitrogen and oxygen atoms in total. The fraction of sp³-hybridized carbons (Fsp3) is 0.833. The van der Waals surface area contributed by atoms with Crippen LogP contribution >= 0.6 is 0 Å². The van der Waals surface area contributed by atoms with Crippen LogP contribution in [-0.4, -0.2) is 37.1 Å². The average Bonchev–Trinajstić information content (AvgIpc) is 2.60. The number of nitrogens with zero attached hydrogens (tertiary/aromatic N) is 2. The zero-order valence-corrected chi connectivity index (χ0v) is 9.74. The zero-order valence-electron chi connectivity index (χ0n) is 9.74. The van der Waals surface area contributed by atoms with Gasteiger partial charge in [0.1, 0.15) is 0 Å². The van der Waals surface area contributed by atoms with Gasteiger partial charge in [-0.3, -0.25) is 4.79 Å². The van der Waals surface area contributed by atoms with E-state index in [1.165, 1.54) is 0 Å². The first-order chi connectivity index (χ1) is 7.63.